The lowest BCUT2D eigenvalue weighted by Gasteiger charge is -1.95. The normalized spacial score (nSPS) is 11.2. The molecule has 0 amide bonds. The number of anilines is 1. The molecule has 104 valence electrons. The highest BCUT2D eigenvalue weighted by Crippen LogP contribution is 2.27. The lowest BCUT2D eigenvalue weighted by atomic mass is 10.1. The number of nitrogens with one attached hydrogen (secondary N) is 1. The Kier molecular flexibility index (Phi) is 5.15. The van der Waals surface area contributed by atoms with Crippen LogP contribution in [0.5, 0.6) is 0 Å². The molecule has 0 spiro atoms. The second-order valence-corrected chi connectivity index (χ2v) is 6.59. The van der Waals surface area contributed by atoms with E-state index in [4.69, 9.17) is 4.52 Å². The van der Waals surface area contributed by atoms with Gasteiger partial charge in [0, 0.05) is 13.0 Å². The van der Waals surface area contributed by atoms with Crippen LogP contribution in [0.4, 0.5) is 5.13 Å². The summed E-state index contributed by atoms with van der Waals surface area (Å²) in [6, 6.07) is 0. The summed E-state index contributed by atoms with van der Waals surface area (Å²) in [4.78, 5) is 4.35. The minimum absolute atomic E-state index is 0.520. The average molecular weight is 299 g/mol. The smallest absolute Gasteiger partial charge is 0.226 e. The predicted molar refractivity (Wildman–Crippen MR) is 76.5 cm³/mol. The quantitative estimate of drug-likeness (QED) is 0.788. The average Bonchev–Trinajstić information content (AvgIpc) is 2.96. The van der Waals surface area contributed by atoms with Crippen molar-refractivity contribution in [1.29, 1.82) is 0 Å². The lowest BCUT2D eigenvalue weighted by Crippen LogP contribution is -1.94. The Bertz CT molecular complexity index is 511. The highest BCUT2D eigenvalue weighted by atomic mass is 32.2. The van der Waals surface area contributed by atoms with E-state index in [-0.39, 0.29) is 0 Å². The predicted octanol–water partition coefficient (Wildman–Crippen LogP) is 2.84. The Hall–Kier alpha value is -1.15. The highest BCUT2D eigenvalue weighted by Gasteiger charge is 2.10. The maximum atomic E-state index is 5.19. The van der Waals surface area contributed by atoms with Gasteiger partial charge in [-0.1, -0.05) is 42.1 Å². The van der Waals surface area contributed by atoms with Crippen molar-refractivity contribution in [1.82, 2.24) is 20.3 Å². The minimum atomic E-state index is 0.520. The van der Waals surface area contributed by atoms with Crippen LogP contribution < -0.4 is 5.32 Å². The Morgan fingerprint density at radius 1 is 1.37 bits per heavy atom. The SMILES string of the molecule is CCNc1nnc(SCc2noc(CC(C)C)n2)s1. The van der Waals surface area contributed by atoms with Crippen molar-refractivity contribution in [3.05, 3.63) is 11.7 Å². The van der Waals surface area contributed by atoms with Gasteiger partial charge in [0.2, 0.25) is 11.0 Å². The molecule has 0 unspecified atom stereocenters. The van der Waals surface area contributed by atoms with Crippen molar-refractivity contribution >= 4 is 28.2 Å². The van der Waals surface area contributed by atoms with Gasteiger partial charge in [-0.05, 0) is 12.8 Å². The lowest BCUT2D eigenvalue weighted by molar-refractivity contribution is 0.360. The number of hydrogen-bond acceptors (Lipinski definition) is 8. The summed E-state index contributed by atoms with van der Waals surface area (Å²) in [5.74, 6) is 2.59. The number of hydrogen-bond donors (Lipinski definition) is 1. The third-order valence-electron chi connectivity index (χ3n) is 2.15. The van der Waals surface area contributed by atoms with Gasteiger partial charge in [-0.15, -0.1) is 10.2 Å². The van der Waals surface area contributed by atoms with Crippen LogP contribution in [0.15, 0.2) is 8.86 Å². The van der Waals surface area contributed by atoms with Gasteiger partial charge in [0.25, 0.3) is 0 Å². The van der Waals surface area contributed by atoms with E-state index in [1.54, 1.807) is 11.8 Å². The van der Waals surface area contributed by atoms with E-state index in [1.807, 2.05) is 6.92 Å². The van der Waals surface area contributed by atoms with Gasteiger partial charge in [0.15, 0.2) is 10.2 Å². The number of aromatic nitrogens is 4. The van der Waals surface area contributed by atoms with E-state index in [1.165, 1.54) is 11.3 Å². The summed E-state index contributed by atoms with van der Waals surface area (Å²) in [7, 11) is 0. The first-order valence-electron chi connectivity index (χ1n) is 6.19. The zero-order valence-electron chi connectivity index (χ0n) is 11.2. The summed E-state index contributed by atoms with van der Waals surface area (Å²) < 4.78 is 6.10. The van der Waals surface area contributed by atoms with Gasteiger partial charge >= 0.3 is 0 Å². The first-order chi connectivity index (χ1) is 9.17. The molecule has 0 aromatic carbocycles. The summed E-state index contributed by atoms with van der Waals surface area (Å²) in [5.41, 5.74) is 0. The van der Waals surface area contributed by atoms with E-state index in [9.17, 15) is 0 Å². The molecular weight excluding hydrogens is 282 g/mol. The van der Waals surface area contributed by atoms with E-state index < -0.39 is 0 Å². The summed E-state index contributed by atoms with van der Waals surface area (Å²) in [5, 5.41) is 16.1. The molecular formula is C11H17N5OS2. The number of thioether (sulfide) groups is 1. The van der Waals surface area contributed by atoms with Crippen LogP contribution in [0.25, 0.3) is 0 Å². The summed E-state index contributed by atoms with van der Waals surface area (Å²) in [6.45, 7) is 7.14. The number of nitrogens with zero attached hydrogens (tertiary/aromatic N) is 4. The second-order valence-electron chi connectivity index (χ2n) is 4.39. The van der Waals surface area contributed by atoms with E-state index in [0.717, 1.165) is 22.4 Å². The van der Waals surface area contributed by atoms with E-state index in [2.05, 4.69) is 39.5 Å². The molecule has 2 aromatic heterocycles. The standard InChI is InChI=1S/C11H17N5OS2/c1-4-12-10-14-15-11(19-10)18-6-8-13-9(17-16-8)5-7(2)3/h7H,4-6H2,1-3H3,(H,12,14). The van der Waals surface area contributed by atoms with Crippen LogP contribution in [-0.4, -0.2) is 26.9 Å². The van der Waals surface area contributed by atoms with Crippen LogP contribution >= 0.6 is 23.1 Å². The molecule has 0 aliphatic rings. The van der Waals surface area contributed by atoms with Crippen molar-refractivity contribution in [2.24, 2.45) is 5.92 Å². The molecule has 0 fully saturated rings. The largest absolute Gasteiger partial charge is 0.360 e. The van der Waals surface area contributed by atoms with Crippen LogP contribution in [0.1, 0.15) is 32.5 Å². The molecule has 6 nitrogen and oxygen atoms in total. The van der Waals surface area contributed by atoms with Gasteiger partial charge in [-0.2, -0.15) is 4.98 Å². The third-order valence-corrected chi connectivity index (χ3v) is 4.16. The fraction of sp³-hybridized carbons (Fsp3) is 0.636. The molecule has 8 heteroatoms. The van der Waals surface area contributed by atoms with Crippen LogP contribution in [0.3, 0.4) is 0 Å². The molecule has 0 saturated heterocycles. The fourth-order valence-corrected chi connectivity index (χ4v) is 3.06. The molecule has 2 rings (SSSR count). The summed E-state index contributed by atoms with van der Waals surface area (Å²) >= 11 is 3.11. The van der Waals surface area contributed by atoms with Gasteiger partial charge < -0.3 is 9.84 Å². The maximum Gasteiger partial charge on any atom is 0.226 e. The Morgan fingerprint density at radius 3 is 2.95 bits per heavy atom. The molecule has 0 aliphatic carbocycles. The second kappa shape index (κ2) is 6.85. The van der Waals surface area contributed by atoms with Crippen molar-refractivity contribution in [2.75, 3.05) is 11.9 Å². The summed E-state index contributed by atoms with van der Waals surface area (Å²) in [6.07, 6.45) is 0.820. The van der Waals surface area contributed by atoms with Crippen molar-refractivity contribution in [3.8, 4) is 0 Å². The Balaban J connectivity index is 1.85. The highest BCUT2D eigenvalue weighted by molar-refractivity contribution is 8.00. The monoisotopic (exact) mass is 299 g/mol. The van der Waals surface area contributed by atoms with E-state index >= 15 is 0 Å². The minimum Gasteiger partial charge on any atom is -0.360 e. The van der Waals surface area contributed by atoms with Crippen molar-refractivity contribution < 1.29 is 4.52 Å². The first kappa shape index (κ1) is 14.3. The molecule has 0 aliphatic heterocycles. The topological polar surface area (TPSA) is 76.7 Å². The molecule has 0 saturated carbocycles. The Labute approximate surface area is 120 Å². The molecule has 2 heterocycles. The fourth-order valence-electron chi connectivity index (χ4n) is 1.40. The molecule has 19 heavy (non-hydrogen) atoms. The van der Waals surface area contributed by atoms with Crippen molar-refractivity contribution in [3.63, 3.8) is 0 Å². The van der Waals surface area contributed by atoms with Crippen LogP contribution in [0.2, 0.25) is 0 Å². The van der Waals surface area contributed by atoms with Gasteiger partial charge in [-0.25, -0.2) is 0 Å². The first-order valence-corrected chi connectivity index (χ1v) is 7.99. The van der Waals surface area contributed by atoms with E-state index in [0.29, 0.717) is 23.4 Å². The van der Waals surface area contributed by atoms with Crippen molar-refractivity contribution in [2.45, 2.75) is 37.3 Å². The zero-order valence-corrected chi connectivity index (χ0v) is 12.8. The third kappa shape index (κ3) is 4.46. The van der Waals surface area contributed by atoms with Crippen LogP contribution in [-0.2, 0) is 12.2 Å². The molecule has 1 N–H and O–H groups in total. The van der Waals surface area contributed by atoms with Gasteiger partial charge in [0.1, 0.15) is 0 Å². The number of rotatable bonds is 7. The molecule has 2 aromatic rings. The van der Waals surface area contributed by atoms with Gasteiger partial charge in [0.05, 0.1) is 5.75 Å². The molecule has 0 radical (unpaired) electrons. The van der Waals surface area contributed by atoms with Crippen LogP contribution in [0, 0.1) is 5.92 Å². The van der Waals surface area contributed by atoms with Gasteiger partial charge in [-0.3, -0.25) is 0 Å². The molecule has 0 atom stereocenters. The Morgan fingerprint density at radius 2 is 2.21 bits per heavy atom. The molecule has 0 bridgehead atoms. The zero-order chi connectivity index (χ0) is 13.7. The maximum absolute atomic E-state index is 5.19.